The Morgan fingerprint density at radius 3 is 1.87 bits per heavy atom. The van der Waals surface area contributed by atoms with Crippen molar-refractivity contribution in [2.75, 3.05) is 0 Å². The summed E-state index contributed by atoms with van der Waals surface area (Å²) in [6.45, 7) is 1.43. The number of benzene rings is 1. The molecule has 0 aromatic heterocycles. The van der Waals surface area contributed by atoms with E-state index >= 15 is 0 Å². The molecule has 0 atom stereocenters. The SMILES string of the molecule is CC#N.[Cl][Re]([Cl])([Cl])([Cl])=[N]c1ccccc1. The maximum atomic E-state index is 7.32. The second-order valence-corrected chi connectivity index (χ2v) is 32.4. The molecule has 1 rings (SSSR count). The van der Waals surface area contributed by atoms with E-state index in [-0.39, 0.29) is 0 Å². The summed E-state index contributed by atoms with van der Waals surface area (Å²) in [6.07, 6.45) is 0. The van der Waals surface area contributed by atoms with Crippen LogP contribution in [0.5, 0.6) is 0 Å². The normalized spacial score (nSPS) is 12.4. The predicted octanol–water partition coefficient (Wildman–Crippen LogP) is 5.34. The first-order valence-electron chi connectivity index (χ1n) is 3.60. The fraction of sp³-hybridized carbons (Fsp3) is 0.125. The average molecular weight is 460 g/mol. The van der Waals surface area contributed by atoms with E-state index in [2.05, 4.69) is 3.57 Å². The molecule has 1 aromatic rings. The van der Waals surface area contributed by atoms with Crippen LogP contribution < -0.4 is 0 Å². The summed E-state index contributed by atoms with van der Waals surface area (Å²) < 4.78 is 3.89. The monoisotopic (exact) mass is 459 g/mol. The summed E-state index contributed by atoms with van der Waals surface area (Å²) in [5.74, 6) is 0. The van der Waals surface area contributed by atoms with Gasteiger partial charge >= 0.3 is 87.8 Å². The van der Waals surface area contributed by atoms with E-state index in [1.54, 1.807) is 30.3 Å². The van der Waals surface area contributed by atoms with Crippen LogP contribution >= 0.6 is 38.1 Å². The maximum absolute atomic E-state index is 7.32. The van der Waals surface area contributed by atoms with Crippen LogP contribution in [0.15, 0.2) is 33.9 Å². The van der Waals surface area contributed by atoms with Crippen LogP contribution in [0.4, 0.5) is 5.69 Å². The topological polar surface area (TPSA) is 36.1 Å². The first kappa shape index (κ1) is 15.3. The van der Waals surface area contributed by atoms with E-state index in [9.17, 15) is 0 Å². The third kappa shape index (κ3) is 10.6. The van der Waals surface area contributed by atoms with E-state index < -0.39 is 10.1 Å². The molecule has 7 heteroatoms. The molecule has 0 aliphatic heterocycles. The summed E-state index contributed by atoms with van der Waals surface area (Å²) in [6, 6.07) is 10.7. The van der Waals surface area contributed by atoms with Gasteiger partial charge in [-0.2, -0.15) is 5.26 Å². The van der Waals surface area contributed by atoms with Crippen LogP contribution in [0.25, 0.3) is 0 Å². The number of nitrogens with zero attached hydrogens (tertiary/aromatic N) is 2. The second kappa shape index (κ2) is 6.16. The van der Waals surface area contributed by atoms with E-state index in [0.717, 1.165) is 0 Å². The van der Waals surface area contributed by atoms with Crippen LogP contribution in [0, 0.1) is 11.3 Å². The van der Waals surface area contributed by atoms with Crippen molar-refractivity contribution < 1.29 is 10.1 Å². The summed E-state index contributed by atoms with van der Waals surface area (Å²) in [7, 11) is 18.0. The van der Waals surface area contributed by atoms with Crippen LogP contribution in [-0.4, -0.2) is 0 Å². The molecule has 0 saturated carbocycles. The fourth-order valence-corrected chi connectivity index (χ4v) is 4.51. The van der Waals surface area contributed by atoms with Gasteiger partial charge < -0.3 is 0 Å². The van der Waals surface area contributed by atoms with Gasteiger partial charge in [0.25, 0.3) is 0 Å². The molecule has 0 fully saturated rings. The first-order chi connectivity index (χ1) is 6.74. The summed E-state index contributed by atoms with van der Waals surface area (Å²) in [5, 5.41) is 7.32. The number of hydrogen-bond acceptors (Lipinski definition) is 2. The average Bonchev–Trinajstić information content (AvgIpc) is 2.02. The van der Waals surface area contributed by atoms with E-state index in [1.807, 2.05) is 6.07 Å². The molecule has 0 heterocycles. The van der Waals surface area contributed by atoms with Crippen LogP contribution in [-0.2, 0) is 10.1 Å². The molecular formula is C8H8Cl4N2Re. The molecule has 0 N–H and O–H groups in total. The molecular weight excluding hydrogens is 452 g/mol. The standard InChI is InChI=1S/C6H5N.C2H3N.4ClH.Re/c7-6-4-2-1-3-5-6;1-2-3;;;;;/h1-5H;1H3;4*1H;/q;;;;;;+4/p-4. The van der Waals surface area contributed by atoms with Crippen molar-refractivity contribution in [2.24, 2.45) is 3.57 Å². The van der Waals surface area contributed by atoms with Gasteiger partial charge in [-0.3, -0.25) is 0 Å². The Hall–Kier alpha value is 0.332. The third-order valence-electron chi connectivity index (χ3n) is 0.982. The van der Waals surface area contributed by atoms with Crippen LogP contribution in [0.1, 0.15) is 6.92 Å². The molecule has 0 spiro atoms. The van der Waals surface area contributed by atoms with Gasteiger partial charge in [0.15, 0.2) is 0 Å². The Labute approximate surface area is 105 Å². The van der Waals surface area contributed by atoms with Crippen LogP contribution in [0.2, 0.25) is 0 Å². The Bertz CT molecular complexity index is 395. The summed E-state index contributed by atoms with van der Waals surface area (Å²) in [5.41, 5.74) is 0.606. The minimum atomic E-state index is -4.59. The molecule has 85 valence electrons. The van der Waals surface area contributed by atoms with Gasteiger partial charge in [0.2, 0.25) is 0 Å². The Morgan fingerprint density at radius 2 is 1.53 bits per heavy atom. The zero-order valence-corrected chi connectivity index (χ0v) is 13.4. The van der Waals surface area contributed by atoms with Gasteiger partial charge in [-0.1, -0.05) is 0 Å². The van der Waals surface area contributed by atoms with Crippen molar-refractivity contribution in [1.29, 1.82) is 5.26 Å². The Morgan fingerprint density at radius 1 is 1.13 bits per heavy atom. The van der Waals surface area contributed by atoms with Crippen molar-refractivity contribution in [1.82, 2.24) is 0 Å². The molecule has 0 amide bonds. The molecule has 0 bridgehead atoms. The quantitative estimate of drug-likeness (QED) is 0.558. The Kier molecular flexibility index (Phi) is 6.30. The van der Waals surface area contributed by atoms with Gasteiger partial charge in [-0.25, -0.2) is 0 Å². The van der Waals surface area contributed by atoms with Crippen molar-refractivity contribution in [3.63, 3.8) is 0 Å². The van der Waals surface area contributed by atoms with Gasteiger partial charge in [-0.05, 0) is 0 Å². The molecule has 2 nitrogen and oxygen atoms in total. The van der Waals surface area contributed by atoms with Crippen molar-refractivity contribution >= 4 is 43.8 Å². The molecule has 0 unspecified atom stereocenters. The summed E-state index contributed by atoms with van der Waals surface area (Å²) in [4.78, 5) is 0. The first-order valence-corrected chi connectivity index (χ1v) is 18.3. The van der Waals surface area contributed by atoms with E-state index in [0.29, 0.717) is 5.69 Å². The van der Waals surface area contributed by atoms with Gasteiger partial charge in [0.05, 0.1) is 6.07 Å². The fourth-order valence-electron chi connectivity index (χ4n) is 0.632. The van der Waals surface area contributed by atoms with Crippen LogP contribution in [0.3, 0.4) is 0 Å². The van der Waals surface area contributed by atoms with Crippen molar-refractivity contribution in [3.05, 3.63) is 30.3 Å². The molecule has 0 aliphatic carbocycles. The zero-order valence-electron chi connectivity index (χ0n) is 7.67. The molecule has 0 radical (unpaired) electrons. The van der Waals surface area contributed by atoms with E-state index in [1.165, 1.54) is 6.92 Å². The third-order valence-corrected chi connectivity index (χ3v) is 4.69. The number of halogens is 4. The number of rotatable bonds is 1. The number of hydrogen-bond donors (Lipinski definition) is 0. The Balaban J connectivity index is 0.000000583. The molecule has 15 heavy (non-hydrogen) atoms. The minimum absolute atomic E-state index is 0.606. The molecule has 0 aliphatic rings. The predicted molar refractivity (Wildman–Crippen MR) is 63.2 cm³/mol. The molecule has 0 saturated heterocycles. The summed E-state index contributed by atoms with van der Waals surface area (Å²) >= 11 is 0. The van der Waals surface area contributed by atoms with Crippen molar-refractivity contribution in [2.45, 2.75) is 6.92 Å². The molecule has 1 aromatic carbocycles. The van der Waals surface area contributed by atoms with Gasteiger partial charge in [0.1, 0.15) is 0 Å². The second-order valence-electron chi connectivity index (χ2n) is 2.22. The van der Waals surface area contributed by atoms with E-state index in [4.69, 9.17) is 43.4 Å². The number of nitriles is 1. The van der Waals surface area contributed by atoms with Gasteiger partial charge in [-0.15, -0.1) is 0 Å². The zero-order chi connectivity index (χ0) is 12.0. The van der Waals surface area contributed by atoms with Gasteiger partial charge in [0, 0.05) is 6.92 Å². The van der Waals surface area contributed by atoms with Crippen molar-refractivity contribution in [3.8, 4) is 6.07 Å².